The van der Waals surface area contributed by atoms with Crippen LogP contribution in [0.15, 0.2) is 36.4 Å². The summed E-state index contributed by atoms with van der Waals surface area (Å²) in [6.45, 7) is 3.39. The van der Waals surface area contributed by atoms with Crippen LogP contribution in [0.2, 0.25) is 5.02 Å². The average Bonchev–Trinajstić information content (AvgIpc) is 2.40. The van der Waals surface area contributed by atoms with Crippen LogP contribution in [0.25, 0.3) is 0 Å². The van der Waals surface area contributed by atoms with Gasteiger partial charge < -0.3 is 10.4 Å². The number of nitrogens with one attached hydrogen (secondary N) is 1. The summed E-state index contributed by atoms with van der Waals surface area (Å²) in [5, 5.41) is 13.0. The molecule has 0 saturated carbocycles. The van der Waals surface area contributed by atoms with Gasteiger partial charge in [0.2, 0.25) is 0 Å². The van der Waals surface area contributed by atoms with Crippen molar-refractivity contribution >= 4 is 11.6 Å². The molecule has 0 spiro atoms. The molecule has 2 rings (SSSR count). The summed E-state index contributed by atoms with van der Waals surface area (Å²) in [5.74, 6) is -0.102. The SMILES string of the molecule is Cc1cc(F)ccc1CCNCc1ccc(O)c(Cl)c1. The van der Waals surface area contributed by atoms with Gasteiger partial charge in [-0.3, -0.25) is 0 Å². The molecule has 0 saturated heterocycles. The number of aryl methyl sites for hydroxylation is 1. The molecule has 0 radical (unpaired) electrons. The first-order valence-corrected chi connectivity index (χ1v) is 6.87. The van der Waals surface area contributed by atoms with Crippen molar-refractivity contribution in [2.75, 3.05) is 6.54 Å². The molecule has 0 aromatic heterocycles. The second kappa shape index (κ2) is 6.73. The molecule has 20 heavy (non-hydrogen) atoms. The zero-order chi connectivity index (χ0) is 14.5. The Morgan fingerprint density at radius 2 is 2.00 bits per heavy atom. The molecular formula is C16H17ClFNO. The van der Waals surface area contributed by atoms with E-state index >= 15 is 0 Å². The Labute approximate surface area is 123 Å². The molecule has 0 amide bonds. The zero-order valence-corrected chi connectivity index (χ0v) is 12.0. The van der Waals surface area contributed by atoms with Crippen LogP contribution >= 0.6 is 11.6 Å². The lowest BCUT2D eigenvalue weighted by Crippen LogP contribution is -2.17. The minimum Gasteiger partial charge on any atom is -0.506 e. The highest BCUT2D eigenvalue weighted by atomic mass is 35.5. The standard InChI is InChI=1S/C16H17ClFNO/c1-11-8-14(18)4-3-13(11)6-7-19-10-12-2-5-16(20)15(17)9-12/h2-5,8-9,19-20H,6-7,10H2,1H3. The Hall–Kier alpha value is -1.58. The Morgan fingerprint density at radius 3 is 2.70 bits per heavy atom. The van der Waals surface area contributed by atoms with Crippen molar-refractivity contribution in [3.63, 3.8) is 0 Å². The van der Waals surface area contributed by atoms with Crippen molar-refractivity contribution < 1.29 is 9.50 Å². The summed E-state index contributed by atoms with van der Waals surface area (Å²) in [6.07, 6.45) is 0.845. The fraction of sp³-hybridized carbons (Fsp3) is 0.250. The summed E-state index contributed by atoms with van der Waals surface area (Å²) in [5.41, 5.74) is 3.13. The van der Waals surface area contributed by atoms with E-state index in [0.717, 1.165) is 29.7 Å². The Morgan fingerprint density at radius 1 is 1.20 bits per heavy atom. The predicted molar refractivity (Wildman–Crippen MR) is 79.7 cm³/mol. The third kappa shape index (κ3) is 3.95. The van der Waals surface area contributed by atoms with E-state index in [1.807, 2.05) is 19.1 Å². The summed E-state index contributed by atoms with van der Waals surface area (Å²) in [7, 11) is 0. The molecule has 0 aliphatic carbocycles. The minimum absolute atomic E-state index is 0.0948. The lowest BCUT2D eigenvalue weighted by molar-refractivity contribution is 0.475. The first-order valence-electron chi connectivity index (χ1n) is 6.49. The van der Waals surface area contributed by atoms with E-state index in [2.05, 4.69) is 5.32 Å². The maximum atomic E-state index is 13.0. The number of benzene rings is 2. The molecule has 0 aliphatic heterocycles. The van der Waals surface area contributed by atoms with E-state index in [1.54, 1.807) is 18.2 Å². The van der Waals surface area contributed by atoms with Crippen LogP contribution in [-0.2, 0) is 13.0 Å². The number of halogens is 2. The van der Waals surface area contributed by atoms with Gasteiger partial charge in [0, 0.05) is 6.54 Å². The number of aromatic hydroxyl groups is 1. The van der Waals surface area contributed by atoms with Crippen LogP contribution in [-0.4, -0.2) is 11.7 Å². The molecule has 0 atom stereocenters. The zero-order valence-electron chi connectivity index (χ0n) is 11.3. The van der Waals surface area contributed by atoms with E-state index < -0.39 is 0 Å². The summed E-state index contributed by atoms with van der Waals surface area (Å²) < 4.78 is 13.0. The Balaban J connectivity index is 1.82. The van der Waals surface area contributed by atoms with Crippen molar-refractivity contribution in [3.8, 4) is 5.75 Å². The molecule has 0 fully saturated rings. The predicted octanol–water partition coefficient (Wildman–Crippen LogP) is 3.83. The smallest absolute Gasteiger partial charge is 0.134 e. The molecule has 2 nitrogen and oxygen atoms in total. The van der Waals surface area contributed by atoms with Crippen LogP contribution in [0.5, 0.6) is 5.75 Å². The molecular weight excluding hydrogens is 277 g/mol. The van der Waals surface area contributed by atoms with Gasteiger partial charge in [0.05, 0.1) is 5.02 Å². The number of phenols is 1. The lowest BCUT2D eigenvalue weighted by Gasteiger charge is -2.08. The van der Waals surface area contributed by atoms with Crippen molar-refractivity contribution in [1.29, 1.82) is 0 Å². The van der Waals surface area contributed by atoms with Gasteiger partial charge in [-0.25, -0.2) is 4.39 Å². The Kier molecular flexibility index (Phi) is 4.99. The second-order valence-electron chi connectivity index (χ2n) is 4.78. The highest BCUT2D eigenvalue weighted by Gasteiger charge is 2.02. The van der Waals surface area contributed by atoms with Gasteiger partial charge in [0.1, 0.15) is 11.6 Å². The quantitative estimate of drug-likeness (QED) is 0.821. The molecule has 2 aromatic rings. The van der Waals surface area contributed by atoms with Crippen LogP contribution in [0, 0.1) is 12.7 Å². The molecule has 0 bridgehead atoms. The van der Waals surface area contributed by atoms with Gasteiger partial charge in [-0.1, -0.05) is 23.7 Å². The van der Waals surface area contributed by atoms with E-state index in [1.165, 1.54) is 6.07 Å². The Bertz CT molecular complexity index is 601. The first kappa shape index (κ1) is 14.8. The lowest BCUT2D eigenvalue weighted by atomic mass is 10.1. The van der Waals surface area contributed by atoms with Crippen molar-refractivity contribution in [2.45, 2.75) is 19.9 Å². The first-order chi connectivity index (χ1) is 9.56. The number of hydrogen-bond acceptors (Lipinski definition) is 2. The summed E-state index contributed by atoms with van der Waals surface area (Å²) >= 11 is 5.84. The third-order valence-electron chi connectivity index (χ3n) is 3.22. The fourth-order valence-electron chi connectivity index (χ4n) is 2.06. The number of hydrogen-bond donors (Lipinski definition) is 2. The van der Waals surface area contributed by atoms with Gasteiger partial charge >= 0.3 is 0 Å². The summed E-state index contributed by atoms with van der Waals surface area (Å²) in [6, 6.07) is 10.0. The number of rotatable bonds is 5. The van der Waals surface area contributed by atoms with Crippen molar-refractivity contribution in [1.82, 2.24) is 5.32 Å². The van der Waals surface area contributed by atoms with Crippen LogP contribution in [0.1, 0.15) is 16.7 Å². The largest absolute Gasteiger partial charge is 0.506 e. The average molecular weight is 294 g/mol. The number of phenolic OH excluding ortho intramolecular Hbond substituents is 1. The van der Waals surface area contributed by atoms with E-state index in [9.17, 15) is 9.50 Å². The monoisotopic (exact) mass is 293 g/mol. The maximum Gasteiger partial charge on any atom is 0.134 e. The van der Waals surface area contributed by atoms with Crippen LogP contribution in [0.4, 0.5) is 4.39 Å². The van der Waals surface area contributed by atoms with E-state index in [0.29, 0.717) is 11.6 Å². The van der Waals surface area contributed by atoms with Gasteiger partial charge in [0.25, 0.3) is 0 Å². The van der Waals surface area contributed by atoms with E-state index in [4.69, 9.17) is 11.6 Å². The van der Waals surface area contributed by atoms with Gasteiger partial charge in [-0.2, -0.15) is 0 Å². The van der Waals surface area contributed by atoms with Gasteiger partial charge in [-0.05, 0) is 60.8 Å². The molecule has 2 aromatic carbocycles. The molecule has 0 heterocycles. The third-order valence-corrected chi connectivity index (χ3v) is 3.52. The van der Waals surface area contributed by atoms with Crippen molar-refractivity contribution in [3.05, 3.63) is 63.9 Å². The highest BCUT2D eigenvalue weighted by molar-refractivity contribution is 6.32. The fourth-order valence-corrected chi connectivity index (χ4v) is 2.26. The van der Waals surface area contributed by atoms with Gasteiger partial charge in [0.15, 0.2) is 0 Å². The highest BCUT2D eigenvalue weighted by Crippen LogP contribution is 2.23. The normalized spacial score (nSPS) is 10.8. The van der Waals surface area contributed by atoms with Crippen LogP contribution < -0.4 is 5.32 Å². The molecule has 106 valence electrons. The second-order valence-corrected chi connectivity index (χ2v) is 5.19. The maximum absolute atomic E-state index is 13.0. The topological polar surface area (TPSA) is 32.3 Å². The molecule has 2 N–H and O–H groups in total. The van der Waals surface area contributed by atoms with Crippen LogP contribution in [0.3, 0.4) is 0 Å². The molecule has 4 heteroatoms. The molecule has 0 unspecified atom stereocenters. The minimum atomic E-state index is -0.196. The van der Waals surface area contributed by atoms with E-state index in [-0.39, 0.29) is 11.6 Å². The molecule has 0 aliphatic rings. The summed E-state index contributed by atoms with van der Waals surface area (Å²) in [4.78, 5) is 0. The van der Waals surface area contributed by atoms with Crippen molar-refractivity contribution in [2.24, 2.45) is 0 Å². The van der Waals surface area contributed by atoms with Gasteiger partial charge in [-0.15, -0.1) is 0 Å².